The van der Waals surface area contributed by atoms with E-state index in [-0.39, 0.29) is 5.97 Å². The van der Waals surface area contributed by atoms with Gasteiger partial charge >= 0.3 is 5.97 Å². The Morgan fingerprint density at radius 3 is 2.55 bits per heavy atom. The summed E-state index contributed by atoms with van der Waals surface area (Å²) >= 11 is 0. The second-order valence-corrected chi connectivity index (χ2v) is 5.38. The molecule has 2 aromatic rings. The molecule has 5 heteroatoms. The molecule has 0 atom stereocenters. The minimum Gasteiger partial charge on any atom is -0.464 e. The zero-order valence-electron chi connectivity index (χ0n) is 12.9. The van der Waals surface area contributed by atoms with Crippen molar-refractivity contribution in [3.8, 4) is 11.1 Å². The van der Waals surface area contributed by atoms with E-state index in [2.05, 4.69) is 41.1 Å². The molecule has 1 aromatic carbocycles. The van der Waals surface area contributed by atoms with Gasteiger partial charge in [-0.25, -0.2) is 4.79 Å². The van der Waals surface area contributed by atoms with Crippen molar-refractivity contribution in [2.24, 2.45) is 0 Å². The highest BCUT2D eigenvalue weighted by atomic mass is 16.5. The van der Waals surface area contributed by atoms with Gasteiger partial charge in [-0.1, -0.05) is 29.8 Å². The molecule has 116 valence electrons. The van der Waals surface area contributed by atoms with Gasteiger partial charge in [0.2, 0.25) is 0 Å². The maximum Gasteiger partial charge on any atom is 0.356 e. The van der Waals surface area contributed by atoms with Gasteiger partial charge in [-0.3, -0.25) is 0 Å². The number of aromatic nitrogens is 1. The van der Waals surface area contributed by atoms with Crippen LogP contribution >= 0.6 is 0 Å². The number of benzene rings is 1. The minimum absolute atomic E-state index is 0.347. The van der Waals surface area contributed by atoms with Crippen LogP contribution in [-0.4, -0.2) is 44.4 Å². The number of carbonyl (C=O) groups excluding carboxylic acids is 1. The van der Waals surface area contributed by atoms with Crippen LogP contribution in [0.5, 0.6) is 0 Å². The number of anilines is 1. The second kappa shape index (κ2) is 6.23. The number of H-pyrrole nitrogens is 1. The van der Waals surface area contributed by atoms with Crippen molar-refractivity contribution in [2.75, 3.05) is 38.3 Å². The lowest BCUT2D eigenvalue weighted by Gasteiger charge is -2.29. The first-order valence-electron chi connectivity index (χ1n) is 7.40. The fourth-order valence-corrected chi connectivity index (χ4v) is 2.74. The first kappa shape index (κ1) is 14.7. The molecule has 1 saturated heterocycles. The van der Waals surface area contributed by atoms with E-state index in [9.17, 15) is 4.79 Å². The molecule has 2 heterocycles. The molecule has 0 bridgehead atoms. The molecule has 0 aliphatic carbocycles. The third-order valence-electron chi connectivity index (χ3n) is 3.93. The highest BCUT2D eigenvalue weighted by Gasteiger charge is 2.25. The average Bonchev–Trinajstić information content (AvgIpc) is 3.00. The minimum atomic E-state index is -0.347. The van der Waals surface area contributed by atoms with Crippen molar-refractivity contribution < 1.29 is 14.3 Å². The fraction of sp³-hybridized carbons (Fsp3) is 0.353. The zero-order valence-corrected chi connectivity index (χ0v) is 12.9. The molecule has 0 unspecified atom stereocenters. The smallest absolute Gasteiger partial charge is 0.356 e. The van der Waals surface area contributed by atoms with Crippen LogP contribution in [0.25, 0.3) is 11.1 Å². The van der Waals surface area contributed by atoms with Gasteiger partial charge in [0.25, 0.3) is 0 Å². The van der Waals surface area contributed by atoms with Gasteiger partial charge < -0.3 is 19.4 Å². The fourth-order valence-electron chi connectivity index (χ4n) is 2.74. The van der Waals surface area contributed by atoms with Crippen molar-refractivity contribution in [2.45, 2.75) is 6.92 Å². The average molecular weight is 300 g/mol. The molecule has 1 aromatic heterocycles. The molecule has 0 spiro atoms. The van der Waals surface area contributed by atoms with Crippen molar-refractivity contribution in [1.29, 1.82) is 0 Å². The van der Waals surface area contributed by atoms with E-state index in [0.717, 1.165) is 29.9 Å². The quantitative estimate of drug-likeness (QED) is 0.885. The number of rotatable bonds is 3. The molecule has 1 aliphatic heterocycles. The van der Waals surface area contributed by atoms with Gasteiger partial charge in [-0.05, 0) is 12.5 Å². The van der Waals surface area contributed by atoms with Crippen LogP contribution in [0, 0.1) is 6.92 Å². The summed E-state index contributed by atoms with van der Waals surface area (Å²) in [6.07, 6.45) is 1.88. The number of hydrogen-bond acceptors (Lipinski definition) is 4. The van der Waals surface area contributed by atoms with E-state index < -0.39 is 0 Å². The maximum absolute atomic E-state index is 12.1. The maximum atomic E-state index is 12.1. The van der Waals surface area contributed by atoms with Gasteiger partial charge in [0, 0.05) is 24.8 Å². The Morgan fingerprint density at radius 1 is 1.23 bits per heavy atom. The van der Waals surface area contributed by atoms with Crippen LogP contribution < -0.4 is 4.90 Å². The van der Waals surface area contributed by atoms with Gasteiger partial charge in [-0.2, -0.15) is 0 Å². The zero-order chi connectivity index (χ0) is 15.5. The number of morpholine rings is 1. The number of methoxy groups -OCH3 is 1. The van der Waals surface area contributed by atoms with E-state index in [1.54, 1.807) is 0 Å². The topological polar surface area (TPSA) is 54.6 Å². The monoisotopic (exact) mass is 300 g/mol. The number of carbonyl (C=O) groups is 1. The number of aromatic amines is 1. The van der Waals surface area contributed by atoms with E-state index >= 15 is 0 Å². The van der Waals surface area contributed by atoms with E-state index in [1.807, 2.05) is 6.20 Å². The molecule has 5 nitrogen and oxygen atoms in total. The van der Waals surface area contributed by atoms with Gasteiger partial charge in [0.15, 0.2) is 0 Å². The lowest BCUT2D eigenvalue weighted by atomic mass is 10.0. The molecular weight excluding hydrogens is 280 g/mol. The Hall–Kier alpha value is -2.27. The number of nitrogens with one attached hydrogen (secondary N) is 1. The lowest BCUT2D eigenvalue weighted by molar-refractivity contribution is 0.0594. The second-order valence-electron chi connectivity index (χ2n) is 5.38. The predicted molar refractivity (Wildman–Crippen MR) is 85.3 cm³/mol. The highest BCUT2D eigenvalue weighted by Crippen LogP contribution is 2.35. The Labute approximate surface area is 129 Å². The van der Waals surface area contributed by atoms with Gasteiger partial charge in [0.05, 0.1) is 26.0 Å². The Balaban J connectivity index is 2.07. The summed E-state index contributed by atoms with van der Waals surface area (Å²) in [5.74, 6) is -0.347. The van der Waals surface area contributed by atoms with Gasteiger partial charge in [-0.15, -0.1) is 0 Å². The van der Waals surface area contributed by atoms with Gasteiger partial charge in [0.1, 0.15) is 5.69 Å². The summed E-state index contributed by atoms with van der Waals surface area (Å²) in [7, 11) is 1.40. The van der Waals surface area contributed by atoms with Crippen LogP contribution in [-0.2, 0) is 9.47 Å². The van der Waals surface area contributed by atoms with E-state index in [4.69, 9.17) is 9.47 Å². The van der Waals surface area contributed by atoms with E-state index in [1.165, 1.54) is 12.7 Å². The summed E-state index contributed by atoms with van der Waals surface area (Å²) in [6, 6.07) is 8.29. The molecule has 3 rings (SSSR count). The summed E-state index contributed by atoms with van der Waals surface area (Å²) < 4.78 is 10.3. The Bertz CT molecular complexity index is 655. The van der Waals surface area contributed by atoms with Crippen LogP contribution in [0.2, 0.25) is 0 Å². The normalized spacial score (nSPS) is 14.9. The van der Waals surface area contributed by atoms with Crippen LogP contribution in [0.3, 0.4) is 0 Å². The third kappa shape index (κ3) is 2.72. The molecule has 0 radical (unpaired) electrons. The standard InChI is InChI=1S/C17H20N2O3/c1-12-3-5-13(6-4-12)14-11-18-15(17(20)21-2)16(14)19-7-9-22-10-8-19/h3-6,11,18H,7-10H2,1-2H3. The highest BCUT2D eigenvalue weighted by molar-refractivity contribution is 5.99. The lowest BCUT2D eigenvalue weighted by Crippen LogP contribution is -2.37. The third-order valence-corrected chi connectivity index (χ3v) is 3.93. The number of ether oxygens (including phenoxy) is 2. The molecular formula is C17H20N2O3. The number of esters is 1. The van der Waals surface area contributed by atoms with Crippen molar-refractivity contribution in [1.82, 2.24) is 4.98 Å². The summed E-state index contributed by atoms with van der Waals surface area (Å²) in [6.45, 7) is 4.92. The largest absolute Gasteiger partial charge is 0.464 e. The van der Waals surface area contributed by atoms with Crippen molar-refractivity contribution in [3.05, 3.63) is 41.7 Å². The SMILES string of the molecule is COC(=O)c1[nH]cc(-c2ccc(C)cc2)c1N1CCOCC1. The first-order chi connectivity index (χ1) is 10.7. The molecule has 22 heavy (non-hydrogen) atoms. The Morgan fingerprint density at radius 2 is 1.91 bits per heavy atom. The van der Waals surface area contributed by atoms with E-state index in [0.29, 0.717) is 18.9 Å². The molecule has 0 amide bonds. The number of aryl methyl sites for hydroxylation is 1. The molecule has 1 fully saturated rings. The summed E-state index contributed by atoms with van der Waals surface area (Å²) in [5, 5.41) is 0. The summed E-state index contributed by atoms with van der Waals surface area (Å²) in [5.41, 5.74) is 4.71. The molecule has 0 saturated carbocycles. The summed E-state index contributed by atoms with van der Waals surface area (Å²) in [4.78, 5) is 17.3. The van der Waals surface area contributed by atoms with Crippen LogP contribution in [0.4, 0.5) is 5.69 Å². The molecule has 1 aliphatic rings. The molecule has 1 N–H and O–H groups in total. The van der Waals surface area contributed by atoms with Crippen LogP contribution in [0.15, 0.2) is 30.5 Å². The van der Waals surface area contributed by atoms with Crippen molar-refractivity contribution >= 4 is 11.7 Å². The Kier molecular flexibility index (Phi) is 4.15. The predicted octanol–water partition coefficient (Wildman–Crippen LogP) is 2.61. The number of hydrogen-bond donors (Lipinski definition) is 1. The first-order valence-corrected chi connectivity index (χ1v) is 7.40. The van der Waals surface area contributed by atoms with Crippen molar-refractivity contribution in [3.63, 3.8) is 0 Å². The number of nitrogens with zero attached hydrogens (tertiary/aromatic N) is 1. The van der Waals surface area contributed by atoms with Crippen LogP contribution in [0.1, 0.15) is 16.1 Å².